The van der Waals surface area contributed by atoms with Crippen LogP contribution in [0.5, 0.6) is 0 Å². The highest BCUT2D eigenvalue weighted by atomic mass is 19.3. The van der Waals surface area contributed by atoms with Crippen molar-refractivity contribution in [2.75, 3.05) is 0 Å². The van der Waals surface area contributed by atoms with Crippen LogP contribution in [-0.2, 0) is 17.8 Å². The zero-order valence-electron chi connectivity index (χ0n) is 19.7. The molecule has 188 valence electrons. The smallest absolute Gasteiger partial charge is 0.313 e. The van der Waals surface area contributed by atoms with Gasteiger partial charge in [0.25, 0.3) is 0 Å². The Kier molecular flexibility index (Phi) is 9.07. The van der Waals surface area contributed by atoms with E-state index in [4.69, 9.17) is 0 Å². The topological polar surface area (TPSA) is 9.23 Å². The lowest BCUT2D eigenvalue weighted by molar-refractivity contribution is -0.282. The van der Waals surface area contributed by atoms with Crippen molar-refractivity contribution in [1.29, 1.82) is 0 Å². The molecule has 2 aromatic carbocycles. The van der Waals surface area contributed by atoms with Gasteiger partial charge in [0.1, 0.15) is 5.82 Å². The Hall–Kier alpha value is -2.02. The molecular weight excluding hydrogens is 454 g/mol. The summed E-state index contributed by atoms with van der Waals surface area (Å²) in [5, 5.41) is 0. The van der Waals surface area contributed by atoms with E-state index in [2.05, 4.69) is 11.7 Å². The highest BCUT2D eigenvalue weighted by Crippen LogP contribution is 2.40. The van der Waals surface area contributed by atoms with E-state index in [1.165, 1.54) is 12.5 Å². The van der Waals surface area contributed by atoms with E-state index < -0.39 is 41.9 Å². The Morgan fingerprint density at radius 2 is 1.65 bits per heavy atom. The van der Waals surface area contributed by atoms with Crippen molar-refractivity contribution in [3.05, 3.63) is 70.0 Å². The van der Waals surface area contributed by atoms with Crippen LogP contribution >= 0.6 is 0 Å². The van der Waals surface area contributed by atoms with Gasteiger partial charge in [-0.3, -0.25) is 0 Å². The molecule has 0 N–H and O–H groups in total. The van der Waals surface area contributed by atoms with E-state index >= 15 is 0 Å². The fourth-order valence-corrected chi connectivity index (χ4v) is 4.86. The molecule has 2 aromatic rings. The van der Waals surface area contributed by atoms with Gasteiger partial charge >= 0.3 is 6.11 Å². The Labute approximate surface area is 197 Å². The molecule has 0 bridgehead atoms. The monoisotopic (exact) mass is 486 g/mol. The Morgan fingerprint density at radius 1 is 0.941 bits per heavy atom. The second kappa shape index (κ2) is 11.6. The molecule has 1 nitrogen and oxygen atoms in total. The van der Waals surface area contributed by atoms with E-state index in [-0.39, 0.29) is 23.5 Å². The summed E-state index contributed by atoms with van der Waals surface area (Å²) in [6.45, 7) is 3.13. The Bertz CT molecular complexity index is 952. The predicted octanol–water partition coefficient (Wildman–Crippen LogP) is 8.95. The number of alkyl halides is 3. The minimum atomic E-state index is -4.42. The van der Waals surface area contributed by atoms with Crippen LogP contribution in [0, 0.1) is 23.4 Å². The maximum atomic E-state index is 14.7. The molecule has 0 heterocycles. The first-order valence-electron chi connectivity index (χ1n) is 12.1. The fourth-order valence-electron chi connectivity index (χ4n) is 4.86. The van der Waals surface area contributed by atoms with Crippen molar-refractivity contribution in [2.24, 2.45) is 5.92 Å². The summed E-state index contributed by atoms with van der Waals surface area (Å²) < 4.78 is 90.6. The summed E-state index contributed by atoms with van der Waals surface area (Å²) in [5.74, 6) is -2.72. The van der Waals surface area contributed by atoms with Gasteiger partial charge in [0.15, 0.2) is 11.6 Å². The van der Waals surface area contributed by atoms with Crippen LogP contribution in [0.2, 0.25) is 0 Å². The number of hydrogen-bond acceptors (Lipinski definition) is 1. The average molecular weight is 487 g/mol. The average Bonchev–Trinajstić information content (AvgIpc) is 2.81. The highest BCUT2D eigenvalue weighted by molar-refractivity contribution is 5.29. The lowest BCUT2D eigenvalue weighted by Gasteiger charge is -2.29. The van der Waals surface area contributed by atoms with Gasteiger partial charge in [0.2, 0.25) is 6.17 Å². The zero-order valence-corrected chi connectivity index (χ0v) is 19.7. The highest BCUT2D eigenvalue weighted by Gasteiger charge is 2.44. The first-order valence-corrected chi connectivity index (χ1v) is 12.1. The molecule has 1 aliphatic rings. The van der Waals surface area contributed by atoms with Crippen LogP contribution in [0.25, 0.3) is 0 Å². The van der Waals surface area contributed by atoms with E-state index in [9.17, 15) is 26.3 Å². The fraction of sp³-hybridized carbons (Fsp3) is 0.556. The Morgan fingerprint density at radius 3 is 2.26 bits per heavy atom. The molecule has 0 spiro atoms. The molecule has 1 atom stereocenters. The quantitative estimate of drug-likeness (QED) is 0.305. The third kappa shape index (κ3) is 6.15. The van der Waals surface area contributed by atoms with Crippen molar-refractivity contribution in [1.82, 2.24) is 0 Å². The van der Waals surface area contributed by atoms with E-state index in [1.54, 1.807) is 13.0 Å². The van der Waals surface area contributed by atoms with E-state index in [0.717, 1.165) is 50.3 Å². The maximum Gasteiger partial charge on any atom is 0.391 e. The van der Waals surface area contributed by atoms with Crippen molar-refractivity contribution in [3.63, 3.8) is 0 Å². The van der Waals surface area contributed by atoms with Gasteiger partial charge in [-0.05, 0) is 66.7 Å². The standard InChI is InChI=1S/C27H32F6O/c1-3-5-17-7-10-19(11-8-17)21-13-9-18(15-23(21)28)16-34-27(32,33)26(31)22-14-12-20(6-4-2)24(29)25(22)30/h9,12-15,17,19,26H,3-8,10-11,16H2,1-2H3. The van der Waals surface area contributed by atoms with Crippen LogP contribution in [0.4, 0.5) is 26.3 Å². The van der Waals surface area contributed by atoms with Crippen molar-refractivity contribution >= 4 is 0 Å². The minimum Gasteiger partial charge on any atom is -0.313 e. The molecule has 0 radical (unpaired) electrons. The van der Waals surface area contributed by atoms with Crippen LogP contribution in [0.1, 0.15) is 93.1 Å². The summed E-state index contributed by atoms with van der Waals surface area (Å²) in [6.07, 6.45) is -0.739. The minimum absolute atomic E-state index is 0.00500. The molecule has 1 fully saturated rings. The maximum absolute atomic E-state index is 14.7. The molecule has 0 aliphatic heterocycles. The van der Waals surface area contributed by atoms with E-state index in [1.807, 2.05) is 0 Å². The van der Waals surface area contributed by atoms with Crippen LogP contribution in [0.15, 0.2) is 30.3 Å². The van der Waals surface area contributed by atoms with Crippen molar-refractivity contribution in [2.45, 2.75) is 90.0 Å². The molecule has 3 rings (SSSR count). The molecule has 34 heavy (non-hydrogen) atoms. The number of aryl methyl sites for hydroxylation is 1. The zero-order chi connectivity index (χ0) is 24.9. The first kappa shape index (κ1) is 26.6. The van der Waals surface area contributed by atoms with Crippen LogP contribution < -0.4 is 0 Å². The predicted molar refractivity (Wildman–Crippen MR) is 120 cm³/mol. The summed E-state index contributed by atoms with van der Waals surface area (Å²) >= 11 is 0. The van der Waals surface area contributed by atoms with Gasteiger partial charge in [-0.1, -0.05) is 57.4 Å². The molecule has 0 saturated heterocycles. The number of ether oxygens (including phenoxy) is 1. The molecular formula is C27H32F6O. The lowest BCUT2D eigenvalue weighted by Crippen LogP contribution is -2.28. The number of rotatable bonds is 10. The first-order chi connectivity index (χ1) is 16.2. The second-order valence-corrected chi connectivity index (χ2v) is 9.27. The third-order valence-corrected chi connectivity index (χ3v) is 6.76. The van der Waals surface area contributed by atoms with Crippen molar-refractivity contribution < 1.29 is 31.1 Å². The number of benzene rings is 2. The number of hydrogen-bond donors (Lipinski definition) is 0. The van der Waals surface area contributed by atoms with Crippen LogP contribution in [-0.4, -0.2) is 6.11 Å². The van der Waals surface area contributed by atoms with Gasteiger partial charge in [0, 0.05) is 5.56 Å². The molecule has 1 unspecified atom stereocenters. The largest absolute Gasteiger partial charge is 0.391 e. The van der Waals surface area contributed by atoms with E-state index in [0.29, 0.717) is 17.9 Å². The summed E-state index contributed by atoms with van der Waals surface area (Å²) in [7, 11) is 0. The lowest BCUT2D eigenvalue weighted by atomic mass is 9.77. The van der Waals surface area contributed by atoms with Gasteiger partial charge in [-0.2, -0.15) is 8.78 Å². The van der Waals surface area contributed by atoms with Gasteiger partial charge in [-0.15, -0.1) is 0 Å². The molecule has 7 heteroatoms. The number of halogens is 6. The molecule has 1 aliphatic carbocycles. The SMILES string of the molecule is CCCc1ccc(C(F)C(F)(F)OCc2ccc(C3CCC(CCC)CC3)c(F)c2)c(F)c1F. The molecule has 0 aromatic heterocycles. The Balaban J connectivity index is 1.64. The third-order valence-electron chi connectivity index (χ3n) is 6.76. The summed E-state index contributed by atoms with van der Waals surface area (Å²) in [4.78, 5) is 0. The van der Waals surface area contributed by atoms with Crippen LogP contribution in [0.3, 0.4) is 0 Å². The molecule has 0 amide bonds. The van der Waals surface area contributed by atoms with Gasteiger partial charge in [0.05, 0.1) is 6.61 Å². The second-order valence-electron chi connectivity index (χ2n) is 9.27. The van der Waals surface area contributed by atoms with Gasteiger partial charge < -0.3 is 4.74 Å². The van der Waals surface area contributed by atoms with Gasteiger partial charge in [-0.25, -0.2) is 17.6 Å². The summed E-state index contributed by atoms with van der Waals surface area (Å²) in [5.41, 5.74) is -0.451. The summed E-state index contributed by atoms with van der Waals surface area (Å²) in [6, 6.07) is 6.10. The molecule has 1 saturated carbocycles. The normalized spacial score (nSPS) is 19.9. The van der Waals surface area contributed by atoms with Crippen molar-refractivity contribution in [3.8, 4) is 0 Å².